The zero-order valence-corrected chi connectivity index (χ0v) is 12.3. The molecule has 7 nitrogen and oxygen atoms in total. The molecule has 0 spiro atoms. The summed E-state index contributed by atoms with van der Waals surface area (Å²) in [6.07, 6.45) is -1.09. The summed E-state index contributed by atoms with van der Waals surface area (Å²) >= 11 is 0. The maximum atomic E-state index is 12.0. The molecule has 7 heteroatoms. The summed E-state index contributed by atoms with van der Waals surface area (Å²) in [5.41, 5.74) is 0.130. The van der Waals surface area contributed by atoms with Crippen LogP contribution in [0.3, 0.4) is 0 Å². The number of para-hydroxylation sites is 2. The largest absolute Gasteiger partial charge is 0.449 e. The highest BCUT2D eigenvalue weighted by atomic mass is 16.6. The molecule has 0 aliphatic carbocycles. The topological polar surface area (TPSA) is 98.5 Å². The third-order valence-corrected chi connectivity index (χ3v) is 3.02. The summed E-state index contributed by atoms with van der Waals surface area (Å²) in [5.74, 6) is -1.29. The van der Waals surface area contributed by atoms with E-state index in [0.717, 1.165) is 0 Å². The molecule has 1 unspecified atom stereocenters. The fraction of sp³-hybridized carbons (Fsp3) is 0.125. The van der Waals surface area contributed by atoms with Crippen molar-refractivity contribution < 1.29 is 19.2 Å². The molecular weight excluding hydrogens is 300 g/mol. The predicted molar refractivity (Wildman–Crippen MR) is 83.0 cm³/mol. The number of nitrogens with zero attached hydrogens (tertiary/aromatic N) is 1. The van der Waals surface area contributed by atoms with Crippen LogP contribution in [0.15, 0.2) is 54.6 Å². The highest BCUT2D eigenvalue weighted by molar-refractivity contribution is 5.98. The van der Waals surface area contributed by atoms with Crippen LogP contribution in [-0.2, 0) is 9.53 Å². The number of hydrogen-bond acceptors (Lipinski definition) is 5. The number of nitro benzene ring substituents is 1. The third-order valence-electron chi connectivity index (χ3n) is 3.02. The van der Waals surface area contributed by atoms with Crippen molar-refractivity contribution in [2.75, 3.05) is 5.32 Å². The number of nitro groups is 1. The molecule has 0 aromatic heterocycles. The second-order valence-electron chi connectivity index (χ2n) is 4.68. The lowest BCUT2D eigenvalue weighted by molar-refractivity contribution is -0.383. The van der Waals surface area contributed by atoms with E-state index < -0.39 is 22.9 Å². The molecule has 2 aromatic carbocycles. The number of amides is 1. The van der Waals surface area contributed by atoms with Gasteiger partial charge in [-0.1, -0.05) is 30.3 Å². The molecule has 0 saturated heterocycles. The monoisotopic (exact) mass is 314 g/mol. The Bertz CT molecular complexity index is 730. The average molecular weight is 314 g/mol. The minimum absolute atomic E-state index is 0.0464. The summed E-state index contributed by atoms with van der Waals surface area (Å²) < 4.78 is 5.05. The smallest absolute Gasteiger partial charge is 0.338 e. The predicted octanol–water partition coefficient (Wildman–Crippen LogP) is 2.78. The van der Waals surface area contributed by atoms with Gasteiger partial charge in [0.15, 0.2) is 6.10 Å². The van der Waals surface area contributed by atoms with Crippen LogP contribution in [0.25, 0.3) is 0 Å². The van der Waals surface area contributed by atoms with Crippen LogP contribution >= 0.6 is 0 Å². The Morgan fingerprint density at radius 2 is 1.70 bits per heavy atom. The number of ether oxygens (including phenoxy) is 1. The molecule has 118 valence electrons. The van der Waals surface area contributed by atoms with Gasteiger partial charge in [-0.2, -0.15) is 0 Å². The van der Waals surface area contributed by atoms with Gasteiger partial charge in [0.25, 0.3) is 11.6 Å². The number of carbonyl (C=O) groups excluding carboxylic acids is 2. The van der Waals surface area contributed by atoms with Gasteiger partial charge in [-0.25, -0.2) is 4.79 Å². The van der Waals surface area contributed by atoms with Gasteiger partial charge < -0.3 is 10.1 Å². The lowest BCUT2D eigenvalue weighted by atomic mass is 10.2. The van der Waals surface area contributed by atoms with Crippen LogP contribution in [-0.4, -0.2) is 22.9 Å². The first kappa shape index (κ1) is 16.2. The second kappa shape index (κ2) is 7.17. The maximum Gasteiger partial charge on any atom is 0.338 e. The minimum atomic E-state index is -1.09. The molecule has 0 aliphatic heterocycles. The Kier molecular flexibility index (Phi) is 5.03. The van der Waals surface area contributed by atoms with E-state index in [4.69, 9.17) is 4.74 Å². The second-order valence-corrected chi connectivity index (χ2v) is 4.68. The molecule has 0 radical (unpaired) electrons. The Labute approximate surface area is 132 Å². The van der Waals surface area contributed by atoms with E-state index >= 15 is 0 Å². The van der Waals surface area contributed by atoms with Crippen molar-refractivity contribution in [2.45, 2.75) is 13.0 Å². The molecule has 0 heterocycles. The number of rotatable bonds is 5. The molecule has 0 bridgehead atoms. The van der Waals surface area contributed by atoms with Crippen molar-refractivity contribution in [3.8, 4) is 0 Å². The summed E-state index contributed by atoms with van der Waals surface area (Å²) in [4.78, 5) is 34.2. The van der Waals surface area contributed by atoms with Gasteiger partial charge in [0.1, 0.15) is 5.69 Å². The molecule has 1 atom stereocenters. The summed E-state index contributed by atoms with van der Waals surface area (Å²) in [7, 11) is 0. The Hall–Kier alpha value is -3.22. The van der Waals surface area contributed by atoms with Gasteiger partial charge in [-0.3, -0.25) is 14.9 Å². The molecule has 1 N–H and O–H groups in total. The van der Waals surface area contributed by atoms with Crippen LogP contribution < -0.4 is 5.32 Å². The average Bonchev–Trinajstić information content (AvgIpc) is 2.55. The molecule has 2 rings (SSSR count). The lowest BCUT2D eigenvalue weighted by Gasteiger charge is -2.13. The van der Waals surface area contributed by atoms with Crippen molar-refractivity contribution in [1.82, 2.24) is 0 Å². The van der Waals surface area contributed by atoms with Gasteiger partial charge in [0.2, 0.25) is 0 Å². The molecule has 1 amide bonds. The van der Waals surface area contributed by atoms with E-state index in [0.29, 0.717) is 5.56 Å². The fourth-order valence-electron chi connectivity index (χ4n) is 1.83. The highest BCUT2D eigenvalue weighted by Crippen LogP contribution is 2.23. The number of carbonyl (C=O) groups is 2. The van der Waals surface area contributed by atoms with Crippen LogP contribution in [0, 0.1) is 10.1 Å². The van der Waals surface area contributed by atoms with Gasteiger partial charge in [0.05, 0.1) is 10.5 Å². The van der Waals surface area contributed by atoms with Crippen molar-refractivity contribution in [3.63, 3.8) is 0 Å². The number of nitrogens with one attached hydrogen (secondary N) is 1. The molecule has 0 aliphatic rings. The SMILES string of the molecule is CC(OC(=O)c1ccccc1)C(=O)Nc1ccccc1[N+](=O)[O-]. The first-order valence-corrected chi connectivity index (χ1v) is 6.79. The van der Waals surface area contributed by atoms with Crippen LogP contribution in [0.5, 0.6) is 0 Å². The third kappa shape index (κ3) is 4.13. The van der Waals surface area contributed by atoms with Gasteiger partial charge >= 0.3 is 5.97 Å². The molecule has 23 heavy (non-hydrogen) atoms. The summed E-state index contributed by atoms with van der Waals surface area (Å²) in [5, 5.41) is 13.3. The van der Waals surface area contributed by atoms with Gasteiger partial charge in [-0.05, 0) is 25.1 Å². The van der Waals surface area contributed by atoms with E-state index in [-0.39, 0.29) is 11.4 Å². The molecule has 0 saturated carbocycles. The van der Waals surface area contributed by atoms with Crippen molar-refractivity contribution in [3.05, 3.63) is 70.3 Å². The van der Waals surface area contributed by atoms with E-state index in [1.54, 1.807) is 36.4 Å². The number of hydrogen-bond donors (Lipinski definition) is 1. The molecule has 2 aromatic rings. The minimum Gasteiger partial charge on any atom is -0.449 e. The number of benzene rings is 2. The molecule has 0 fully saturated rings. The summed E-state index contributed by atoms with van der Waals surface area (Å²) in [6, 6.07) is 14.0. The highest BCUT2D eigenvalue weighted by Gasteiger charge is 2.22. The molecular formula is C16H14N2O5. The van der Waals surface area contributed by atoms with Gasteiger partial charge in [-0.15, -0.1) is 0 Å². The zero-order valence-electron chi connectivity index (χ0n) is 12.3. The van der Waals surface area contributed by atoms with Crippen LogP contribution in [0.1, 0.15) is 17.3 Å². The van der Waals surface area contributed by atoms with Gasteiger partial charge in [0, 0.05) is 6.07 Å². The van der Waals surface area contributed by atoms with Crippen molar-refractivity contribution in [1.29, 1.82) is 0 Å². The van der Waals surface area contributed by atoms with E-state index in [1.807, 2.05) is 0 Å². The fourth-order valence-corrected chi connectivity index (χ4v) is 1.83. The number of esters is 1. The van der Waals surface area contributed by atoms with E-state index in [2.05, 4.69) is 5.32 Å². The first-order valence-electron chi connectivity index (χ1n) is 6.79. The van der Waals surface area contributed by atoms with E-state index in [9.17, 15) is 19.7 Å². The Morgan fingerprint density at radius 3 is 2.35 bits per heavy atom. The quantitative estimate of drug-likeness (QED) is 0.520. The zero-order chi connectivity index (χ0) is 16.8. The Balaban J connectivity index is 2.04. The van der Waals surface area contributed by atoms with Crippen molar-refractivity contribution in [2.24, 2.45) is 0 Å². The lowest BCUT2D eigenvalue weighted by Crippen LogP contribution is -2.30. The van der Waals surface area contributed by atoms with Crippen LogP contribution in [0.2, 0.25) is 0 Å². The first-order chi connectivity index (χ1) is 11.0. The summed E-state index contributed by atoms with van der Waals surface area (Å²) in [6.45, 7) is 1.39. The van der Waals surface area contributed by atoms with Crippen LogP contribution in [0.4, 0.5) is 11.4 Å². The maximum absolute atomic E-state index is 12.0. The van der Waals surface area contributed by atoms with Crippen molar-refractivity contribution >= 4 is 23.3 Å². The Morgan fingerprint density at radius 1 is 1.09 bits per heavy atom. The van der Waals surface area contributed by atoms with E-state index in [1.165, 1.54) is 25.1 Å². The number of anilines is 1. The standard InChI is InChI=1S/C16H14N2O5/c1-11(23-16(20)12-7-3-2-4-8-12)15(19)17-13-9-5-6-10-14(13)18(21)22/h2-11H,1H3,(H,17,19). The normalized spacial score (nSPS) is 11.3.